The fourth-order valence-corrected chi connectivity index (χ4v) is 2.21. The summed E-state index contributed by atoms with van der Waals surface area (Å²) in [5.74, 6) is 0.809. The van der Waals surface area contributed by atoms with Gasteiger partial charge in [-0.2, -0.15) is 0 Å². The van der Waals surface area contributed by atoms with Crippen LogP contribution in [0, 0.1) is 5.92 Å². The molecule has 1 N–H and O–H groups in total. The molecule has 0 aliphatic heterocycles. The van der Waals surface area contributed by atoms with Crippen LogP contribution in [0.1, 0.15) is 45.6 Å². The molecule has 22 heavy (non-hydrogen) atoms. The summed E-state index contributed by atoms with van der Waals surface area (Å²) in [5.41, 5.74) is 1.31. The summed E-state index contributed by atoms with van der Waals surface area (Å²) in [6.45, 7) is 6.81. The third-order valence-electron chi connectivity index (χ3n) is 3.04. The van der Waals surface area contributed by atoms with Gasteiger partial charge in [-0.1, -0.05) is 44.2 Å². The van der Waals surface area contributed by atoms with Crippen molar-refractivity contribution in [3.8, 4) is 0 Å². The molecule has 0 bridgehead atoms. The number of nitrogens with one attached hydrogen (secondary N) is 1. The first kappa shape index (κ1) is 20.2. The Morgan fingerprint density at radius 2 is 1.82 bits per heavy atom. The summed E-state index contributed by atoms with van der Waals surface area (Å²) in [5, 5.41) is 3.06. The van der Waals surface area contributed by atoms with Crippen molar-refractivity contribution in [2.24, 2.45) is 5.92 Å². The monoisotopic (exact) mass is 307 g/mol. The van der Waals surface area contributed by atoms with E-state index in [4.69, 9.17) is 4.79 Å². The molecule has 0 aliphatic rings. The molecule has 1 unspecified atom stereocenters. The summed E-state index contributed by atoms with van der Waals surface area (Å²) in [6, 6.07) is 10.6. The van der Waals surface area contributed by atoms with E-state index < -0.39 is 0 Å². The molecule has 1 atom stereocenters. The average molecular weight is 307 g/mol. The molecule has 4 nitrogen and oxygen atoms in total. The normalized spacial score (nSPS) is 11.1. The summed E-state index contributed by atoms with van der Waals surface area (Å²) < 4.78 is 3.86. The number of carbonyl (C=O) groups is 2. The minimum absolute atomic E-state index is 0.180. The predicted molar refractivity (Wildman–Crippen MR) is 89.5 cm³/mol. The summed E-state index contributed by atoms with van der Waals surface area (Å²) >= 11 is 0. The molecule has 1 aromatic carbocycles. The largest absolute Gasteiger partial charge is 0.471 e. The molecule has 0 aromatic heterocycles. The maximum absolute atomic E-state index is 11.7. The van der Waals surface area contributed by atoms with Crippen molar-refractivity contribution in [3.63, 3.8) is 0 Å². The van der Waals surface area contributed by atoms with Crippen LogP contribution in [0.15, 0.2) is 30.3 Å². The lowest BCUT2D eigenvalue weighted by Crippen LogP contribution is -2.33. The van der Waals surface area contributed by atoms with Crippen LogP contribution in [0.25, 0.3) is 0 Å². The summed E-state index contributed by atoms with van der Waals surface area (Å²) in [6.07, 6.45) is 3.57. The fourth-order valence-electron chi connectivity index (χ4n) is 2.21. The highest BCUT2D eigenvalue weighted by atomic mass is 16.5. The molecule has 0 fully saturated rings. The Labute approximate surface area is 134 Å². The number of aryl methyl sites for hydroxylation is 1. The molecule has 0 heterocycles. The number of ether oxygens (including phenoxy) is 1. The number of hydrogen-bond acceptors (Lipinski definition) is 3. The highest BCUT2D eigenvalue weighted by molar-refractivity contribution is 5.76. The van der Waals surface area contributed by atoms with Crippen molar-refractivity contribution in [2.45, 2.75) is 52.5 Å². The van der Waals surface area contributed by atoms with Gasteiger partial charge in [0.05, 0.1) is 7.11 Å². The van der Waals surface area contributed by atoms with E-state index in [0.717, 1.165) is 19.3 Å². The van der Waals surface area contributed by atoms with Crippen molar-refractivity contribution in [2.75, 3.05) is 7.11 Å². The highest BCUT2D eigenvalue weighted by Crippen LogP contribution is 2.06. The van der Waals surface area contributed by atoms with Crippen molar-refractivity contribution in [1.82, 2.24) is 5.32 Å². The second kappa shape index (κ2) is 12.9. The zero-order valence-corrected chi connectivity index (χ0v) is 14.2. The van der Waals surface area contributed by atoms with Crippen LogP contribution in [-0.4, -0.2) is 25.5 Å². The van der Waals surface area contributed by atoms with Crippen molar-refractivity contribution >= 4 is 12.4 Å². The number of methoxy groups -OCH3 is 1. The second-order valence-electron chi connectivity index (χ2n) is 5.77. The highest BCUT2D eigenvalue weighted by Gasteiger charge is 2.08. The van der Waals surface area contributed by atoms with E-state index in [1.54, 1.807) is 0 Å². The predicted octanol–water partition coefficient (Wildman–Crippen LogP) is 3.35. The smallest absolute Gasteiger partial charge is 0.292 e. The van der Waals surface area contributed by atoms with Crippen LogP contribution in [0.4, 0.5) is 0 Å². The number of benzene rings is 1. The van der Waals surface area contributed by atoms with Gasteiger partial charge in [0.1, 0.15) is 0 Å². The molecule has 0 radical (unpaired) electrons. The first-order chi connectivity index (χ1) is 10.5. The third kappa shape index (κ3) is 11.9. The van der Waals surface area contributed by atoms with Gasteiger partial charge in [0, 0.05) is 12.5 Å². The van der Waals surface area contributed by atoms with Gasteiger partial charge >= 0.3 is 0 Å². The SMILES string of the molecule is CC(C)CC(C)NC(=O)CCCc1ccccc1.COC=O. The zero-order valence-electron chi connectivity index (χ0n) is 14.2. The van der Waals surface area contributed by atoms with E-state index in [2.05, 4.69) is 43.0 Å². The Morgan fingerprint density at radius 1 is 1.23 bits per heavy atom. The van der Waals surface area contributed by atoms with Gasteiger partial charge in [-0.05, 0) is 37.7 Å². The van der Waals surface area contributed by atoms with Crippen LogP contribution in [0.2, 0.25) is 0 Å². The standard InChI is InChI=1S/C16H25NO.C2H4O2/c1-13(2)12-14(3)17-16(18)11-7-10-15-8-5-4-6-9-15;1-4-2-3/h4-6,8-9,13-14H,7,10-12H2,1-3H3,(H,17,18);2H,1H3. The molecule has 0 saturated heterocycles. The second-order valence-corrected chi connectivity index (χ2v) is 5.77. The number of rotatable bonds is 8. The topological polar surface area (TPSA) is 55.4 Å². The molecule has 0 saturated carbocycles. The lowest BCUT2D eigenvalue weighted by Gasteiger charge is -2.15. The first-order valence-electron chi connectivity index (χ1n) is 7.79. The van der Waals surface area contributed by atoms with Crippen LogP contribution in [0.3, 0.4) is 0 Å². The Morgan fingerprint density at radius 3 is 2.32 bits per heavy atom. The molecule has 0 aliphatic carbocycles. The van der Waals surface area contributed by atoms with E-state index in [9.17, 15) is 4.79 Å². The average Bonchev–Trinajstić information content (AvgIpc) is 2.47. The molecular formula is C18H29NO3. The van der Waals surface area contributed by atoms with Gasteiger partial charge < -0.3 is 10.1 Å². The lowest BCUT2D eigenvalue weighted by molar-refractivity contribution is -0.126. The maximum atomic E-state index is 11.7. The van der Waals surface area contributed by atoms with Gasteiger partial charge in [0.15, 0.2) is 0 Å². The minimum atomic E-state index is 0.180. The van der Waals surface area contributed by atoms with Crippen molar-refractivity contribution in [1.29, 1.82) is 0 Å². The van der Waals surface area contributed by atoms with Gasteiger partial charge in [-0.25, -0.2) is 0 Å². The van der Waals surface area contributed by atoms with E-state index in [1.807, 2.05) is 18.2 Å². The van der Waals surface area contributed by atoms with E-state index >= 15 is 0 Å². The van der Waals surface area contributed by atoms with E-state index in [0.29, 0.717) is 18.8 Å². The molecule has 1 rings (SSSR count). The number of carbonyl (C=O) groups excluding carboxylic acids is 2. The van der Waals surface area contributed by atoms with Crippen molar-refractivity contribution in [3.05, 3.63) is 35.9 Å². The van der Waals surface area contributed by atoms with Crippen LogP contribution >= 0.6 is 0 Å². The van der Waals surface area contributed by atoms with Crippen LogP contribution in [-0.2, 0) is 20.7 Å². The molecule has 0 spiro atoms. The Balaban J connectivity index is 0.000000980. The Bertz CT molecular complexity index is 404. The molecule has 124 valence electrons. The van der Waals surface area contributed by atoms with E-state index in [-0.39, 0.29) is 11.9 Å². The number of hydrogen-bond donors (Lipinski definition) is 1. The summed E-state index contributed by atoms with van der Waals surface area (Å²) in [4.78, 5) is 20.7. The molecular weight excluding hydrogens is 278 g/mol. The molecule has 1 aromatic rings. The van der Waals surface area contributed by atoms with Gasteiger partial charge in [0.2, 0.25) is 5.91 Å². The third-order valence-corrected chi connectivity index (χ3v) is 3.04. The number of amides is 1. The van der Waals surface area contributed by atoms with Gasteiger partial charge in [-0.15, -0.1) is 0 Å². The zero-order chi connectivity index (χ0) is 16.8. The van der Waals surface area contributed by atoms with E-state index in [1.165, 1.54) is 12.7 Å². The molecule has 1 amide bonds. The van der Waals surface area contributed by atoms with Gasteiger partial charge in [-0.3, -0.25) is 9.59 Å². The first-order valence-corrected chi connectivity index (χ1v) is 7.79. The minimum Gasteiger partial charge on any atom is -0.471 e. The van der Waals surface area contributed by atoms with Crippen LogP contribution < -0.4 is 5.32 Å². The quantitative estimate of drug-likeness (QED) is 0.749. The lowest BCUT2D eigenvalue weighted by atomic mass is 10.0. The van der Waals surface area contributed by atoms with Crippen LogP contribution in [0.5, 0.6) is 0 Å². The van der Waals surface area contributed by atoms with Crippen molar-refractivity contribution < 1.29 is 14.3 Å². The summed E-state index contributed by atoms with van der Waals surface area (Å²) in [7, 11) is 1.31. The Hall–Kier alpha value is -1.84. The van der Waals surface area contributed by atoms with Gasteiger partial charge in [0.25, 0.3) is 6.47 Å². The molecule has 4 heteroatoms. The Kier molecular flexibility index (Phi) is 11.8. The fraction of sp³-hybridized carbons (Fsp3) is 0.556. The maximum Gasteiger partial charge on any atom is 0.292 e.